The number of nitrogens with two attached hydrogens (primary N) is 1. The fourth-order valence-corrected chi connectivity index (χ4v) is 1.97. The Morgan fingerprint density at radius 3 is 2.55 bits per heavy atom. The van der Waals surface area contributed by atoms with Gasteiger partial charge in [0.15, 0.2) is 0 Å². The predicted molar refractivity (Wildman–Crippen MR) is 70.1 cm³/mol. The maximum atomic E-state index is 12.1. The van der Waals surface area contributed by atoms with Crippen LogP contribution >= 0.6 is 0 Å². The lowest BCUT2D eigenvalue weighted by molar-refractivity contribution is -0.0498. The van der Waals surface area contributed by atoms with Crippen LogP contribution in [0.25, 0.3) is 0 Å². The highest BCUT2D eigenvalue weighted by molar-refractivity contribution is 5.30. The van der Waals surface area contributed by atoms with Gasteiger partial charge in [0.25, 0.3) is 0 Å². The van der Waals surface area contributed by atoms with Crippen molar-refractivity contribution < 1.29 is 13.5 Å². The highest BCUT2D eigenvalue weighted by Gasteiger charge is 2.12. The maximum Gasteiger partial charge on any atom is 0.387 e. The maximum absolute atomic E-state index is 12.1. The zero-order valence-electron chi connectivity index (χ0n) is 11.0. The number of rotatable bonds is 6. The molecule has 1 heterocycles. The van der Waals surface area contributed by atoms with Crippen molar-refractivity contribution in [2.45, 2.75) is 19.1 Å². The molecule has 20 heavy (non-hydrogen) atoms. The Balaban J connectivity index is 2.07. The number of alkyl halides is 2. The number of aromatic nitrogens is 2. The van der Waals surface area contributed by atoms with Crippen LogP contribution in [0.5, 0.6) is 5.75 Å². The van der Waals surface area contributed by atoms with Crippen molar-refractivity contribution in [3.05, 3.63) is 47.8 Å². The molecule has 2 rings (SSSR count). The van der Waals surface area contributed by atoms with Gasteiger partial charge in [-0.2, -0.15) is 13.9 Å². The van der Waals surface area contributed by atoms with Crippen LogP contribution in [-0.2, 0) is 13.5 Å². The van der Waals surface area contributed by atoms with Crippen LogP contribution in [0.3, 0.4) is 0 Å². The molecule has 3 N–H and O–H groups in total. The fraction of sp³-hybridized carbons (Fsp3) is 0.308. The Kier molecular flexibility index (Phi) is 4.65. The first-order valence-electron chi connectivity index (χ1n) is 6.07. The second-order valence-corrected chi connectivity index (χ2v) is 4.39. The van der Waals surface area contributed by atoms with Crippen LogP contribution in [0.1, 0.15) is 17.2 Å². The third-order valence-corrected chi connectivity index (χ3v) is 2.91. The van der Waals surface area contributed by atoms with Crippen molar-refractivity contribution in [1.82, 2.24) is 15.2 Å². The third kappa shape index (κ3) is 3.75. The second kappa shape index (κ2) is 6.44. The largest absolute Gasteiger partial charge is 0.435 e. The third-order valence-electron chi connectivity index (χ3n) is 2.91. The Labute approximate surface area is 115 Å². The van der Waals surface area contributed by atoms with E-state index in [1.54, 1.807) is 23.0 Å². The molecule has 7 heteroatoms. The van der Waals surface area contributed by atoms with E-state index in [1.165, 1.54) is 12.1 Å². The van der Waals surface area contributed by atoms with Gasteiger partial charge in [0.2, 0.25) is 0 Å². The number of benzene rings is 1. The van der Waals surface area contributed by atoms with Gasteiger partial charge >= 0.3 is 6.61 Å². The summed E-state index contributed by atoms with van der Waals surface area (Å²) in [5.74, 6) is 5.68. The second-order valence-electron chi connectivity index (χ2n) is 4.39. The molecule has 0 saturated heterocycles. The normalized spacial score (nSPS) is 12.7. The molecule has 0 aliphatic heterocycles. The van der Waals surface area contributed by atoms with Crippen LogP contribution in [-0.4, -0.2) is 16.4 Å². The summed E-state index contributed by atoms with van der Waals surface area (Å²) in [6.45, 7) is -2.82. The van der Waals surface area contributed by atoms with Crippen molar-refractivity contribution >= 4 is 0 Å². The van der Waals surface area contributed by atoms with Gasteiger partial charge in [0, 0.05) is 13.2 Å². The van der Waals surface area contributed by atoms with Gasteiger partial charge < -0.3 is 4.74 Å². The van der Waals surface area contributed by atoms with Gasteiger partial charge in [0.1, 0.15) is 5.75 Å². The number of hydrogen-bond acceptors (Lipinski definition) is 4. The van der Waals surface area contributed by atoms with Gasteiger partial charge in [-0.15, -0.1) is 0 Å². The molecule has 0 fully saturated rings. The molecular weight excluding hydrogens is 266 g/mol. The fourth-order valence-electron chi connectivity index (χ4n) is 1.97. The summed E-state index contributed by atoms with van der Waals surface area (Å²) in [6.07, 6.45) is 4.32. The average molecular weight is 282 g/mol. The average Bonchev–Trinajstić information content (AvgIpc) is 2.82. The topological polar surface area (TPSA) is 65.1 Å². The minimum atomic E-state index is -2.82. The Bertz CT molecular complexity index is 542. The van der Waals surface area contributed by atoms with E-state index in [1.807, 2.05) is 13.2 Å². The molecule has 1 aromatic carbocycles. The molecule has 0 aliphatic carbocycles. The van der Waals surface area contributed by atoms with Crippen molar-refractivity contribution in [1.29, 1.82) is 0 Å². The Morgan fingerprint density at radius 1 is 1.35 bits per heavy atom. The van der Waals surface area contributed by atoms with Crippen LogP contribution in [0.15, 0.2) is 36.7 Å². The molecule has 1 unspecified atom stereocenters. The first kappa shape index (κ1) is 14.4. The predicted octanol–water partition coefficient (Wildman–Crippen LogP) is 1.77. The SMILES string of the molecule is Cn1cc(CC(NN)c2ccc(OC(F)F)cc2)cn1. The Morgan fingerprint density at radius 2 is 2.05 bits per heavy atom. The van der Waals surface area contributed by atoms with E-state index in [0.717, 1.165) is 11.1 Å². The smallest absolute Gasteiger partial charge is 0.387 e. The summed E-state index contributed by atoms with van der Waals surface area (Å²) < 4.78 is 30.2. The number of nitrogens with one attached hydrogen (secondary N) is 1. The molecule has 5 nitrogen and oxygen atoms in total. The molecule has 1 aromatic heterocycles. The number of hydrogen-bond donors (Lipinski definition) is 2. The summed E-state index contributed by atoms with van der Waals surface area (Å²) >= 11 is 0. The Hall–Kier alpha value is -1.99. The molecule has 0 saturated carbocycles. The number of nitrogens with zero attached hydrogens (tertiary/aromatic N) is 2. The minimum Gasteiger partial charge on any atom is -0.435 e. The van der Waals surface area contributed by atoms with Gasteiger partial charge in [-0.05, 0) is 29.7 Å². The van der Waals surface area contributed by atoms with Crippen LogP contribution in [0.4, 0.5) is 8.78 Å². The number of ether oxygens (including phenoxy) is 1. The highest BCUT2D eigenvalue weighted by atomic mass is 19.3. The number of hydrazine groups is 1. The molecule has 0 radical (unpaired) electrons. The molecule has 0 aliphatic rings. The summed E-state index contributed by atoms with van der Waals surface area (Å²) in [4.78, 5) is 0. The molecule has 2 aromatic rings. The lowest BCUT2D eigenvalue weighted by Gasteiger charge is -2.16. The molecule has 1 atom stereocenters. The molecular formula is C13H16F2N4O. The standard InChI is InChI=1S/C13H16F2N4O/c1-19-8-9(7-17-19)6-12(18-16)10-2-4-11(5-3-10)20-13(14)15/h2-5,7-8,12-13,18H,6,16H2,1H3. The van der Waals surface area contributed by atoms with E-state index in [4.69, 9.17) is 5.84 Å². The van der Waals surface area contributed by atoms with Gasteiger partial charge in [0.05, 0.1) is 12.2 Å². The van der Waals surface area contributed by atoms with Crippen molar-refractivity contribution in [3.8, 4) is 5.75 Å². The number of halogens is 2. The van der Waals surface area contributed by atoms with Crippen molar-refractivity contribution in [2.75, 3.05) is 0 Å². The van der Waals surface area contributed by atoms with E-state index < -0.39 is 6.61 Å². The zero-order chi connectivity index (χ0) is 14.5. The number of aryl methyl sites for hydroxylation is 1. The molecule has 0 bridgehead atoms. The molecule has 0 spiro atoms. The summed E-state index contributed by atoms with van der Waals surface area (Å²) in [7, 11) is 1.84. The van der Waals surface area contributed by atoms with E-state index in [-0.39, 0.29) is 11.8 Å². The molecule has 108 valence electrons. The summed E-state index contributed by atoms with van der Waals surface area (Å²) in [6, 6.07) is 6.28. The van der Waals surface area contributed by atoms with Crippen molar-refractivity contribution in [3.63, 3.8) is 0 Å². The summed E-state index contributed by atoms with van der Waals surface area (Å²) in [5, 5.41) is 4.09. The first-order chi connectivity index (χ1) is 9.58. The van der Waals surface area contributed by atoms with E-state index >= 15 is 0 Å². The van der Waals surface area contributed by atoms with Crippen LogP contribution in [0.2, 0.25) is 0 Å². The minimum absolute atomic E-state index is 0.125. The van der Waals surface area contributed by atoms with Crippen molar-refractivity contribution in [2.24, 2.45) is 12.9 Å². The molecule has 0 amide bonds. The van der Waals surface area contributed by atoms with Crippen LogP contribution < -0.4 is 16.0 Å². The zero-order valence-corrected chi connectivity index (χ0v) is 11.0. The monoisotopic (exact) mass is 282 g/mol. The van der Waals surface area contributed by atoms with Gasteiger partial charge in [-0.25, -0.2) is 0 Å². The van der Waals surface area contributed by atoms with E-state index in [0.29, 0.717) is 6.42 Å². The van der Waals surface area contributed by atoms with E-state index in [2.05, 4.69) is 15.3 Å². The van der Waals surface area contributed by atoms with E-state index in [9.17, 15) is 8.78 Å². The van der Waals surface area contributed by atoms with Crippen LogP contribution in [0, 0.1) is 0 Å². The van der Waals surface area contributed by atoms with Gasteiger partial charge in [-0.1, -0.05) is 12.1 Å². The highest BCUT2D eigenvalue weighted by Crippen LogP contribution is 2.21. The lowest BCUT2D eigenvalue weighted by Crippen LogP contribution is -2.29. The first-order valence-corrected chi connectivity index (χ1v) is 6.07. The van der Waals surface area contributed by atoms with Gasteiger partial charge in [-0.3, -0.25) is 16.0 Å². The lowest BCUT2D eigenvalue weighted by atomic mass is 10.0. The summed E-state index contributed by atoms with van der Waals surface area (Å²) in [5.41, 5.74) is 4.63. The quantitative estimate of drug-likeness (QED) is 0.626.